The summed E-state index contributed by atoms with van der Waals surface area (Å²) in [5, 5.41) is 2.88. The van der Waals surface area contributed by atoms with Crippen LogP contribution in [0, 0.1) is 0 Å². The fourth-order valence-corrected chi connectivity index (χ4v) is 2.30. The molecule has 0 bridgehead atoms. The summed E-state index contributed by atoms with van der Waals surface area (Å²) >= 11 is 0. The molecule has 114 valence electrons. The third kappa shape index (κ3) is 2.47. The second-order valence-corrected chi connectivity index (χ2v) is 4.67. The number of alkyl halides is 3. The highest BCUT2D eigenvalue weighted by atomic mass is 19.4. The number of halogens is 3. The molecule has 3 rings (SSSR count). The van der Waals surface area contributed by atoms with Crippen molar-refractivity contribution in [1.29, 1.82) is 0 Å². The lowest BCUT2D eigenvalue weighted by Crippen LogP contribution is -2.11. The second-order valence-electron chi connectivity index (χ2n) is 4.67. The predicted molar refractivity (Wildman–Crippen MR) is 75.4 cm³/mol. The van der Waals surface area contributed by atoms with Crippen molar-refractivity contribution in [3.05, 3.63) is 48.0 Å². The van der Waals surface area contributed by atoms with Gasteiger partial charge in [-0.05, 0) is 11.6 Å². The van der Waals surface area contributed by atoms with E-state index in [9.17, 15) is 13.2 Å². The molecule has 0 radical (unpaired) electrons. The lowest BCUT2D eigenvalue weighted by atomic mass is 10.1. The van der Waals surface area contributed by atoms with Gasteiger partial charge in [0, 0.05) is 7.05 Å². The molecule has 0 atom stereocenters. The van der Waals surface area contributed by atoms with Gasteiger partial charge in [0.05, 0.1) is 18.4 Å². The summed E-state index contributed by atoms with van der Waals surface area (Å²) in [5.74, 6) is 0.535. The number of hydrogen-bond acceptors (Lipinski definition) is 4. The molecular formula is C14H12F3N5. The Morgan fingerprint density at radius 3 is 2.64 bits per heavy atom. The average Bonchev–Trinajstić information content (AvgIpc) is 2.90. The fraction of sp³-hybridized carbons (Fsp3) is 0.214. The lowest BCUT2D eigenvalue weighted by molar-refractivity contribution is -0.138. The zero-order valence-electron chi connectivity index (χ0n) is 11.6. The summed E-state index contributed by atoms with van der Waals surface area (Å²) in [5.41, 5.74) is 0.518. The van der Waals surface area contributed by atoms with E-state index < -0.39 is 11.7 Å². The molecule has 0 fully saturated rings. The molecule has 1 N–H and O–H groups in total. The Bertz CT molecular complexity index is 810. The number of nitrogens with zero attached hydrogens (tertiary/aromatic N) is 4. The van der Waals surface area contributed by atoms with Crippen molar-refractivity contribution in [3.63, 3.8) is 0 Å². The molecule has 2 heterocycles. The van der Waals surface area contributed by atoms with Crippen molar-refractivity contribution < 1.29 is 13.2 Å². The molecule has 3 aromatic rings. The first-order valence-corrected chi connectivity index (χ1v) is 6.49. The standard InChI is InChI=1S/C14H12F3N5/c1-18-12-11-13(20-7-19-12)22(8-21-11)6-9-4-2-3-5-10(9)14(15,16)17/h2-5,7-8H,6H2,1H3,(H,18,19,20). The topological polar surface area (TPSA) is 55.6 Å². The van der Waals surface area contributed by atoms with Gasteiger partial charge >= 0.3 is 6.18 Å². The van der Waals surface area contributed by atoms with Crippen LogP contribution in [-0.4, -0.2) is 26.6 Å². The molecular weight excluding hydrogens is 295 g/mol. The maximum Gasteiger partial charge on any atom is 0.416 e. The Hall–Kier alpha value is -2.64. The van der Waals surface area contributed by atoms with E-state index in [1.807, 2.05) is 0 Å². The van der Waals surface area contributed by atoms with E-state index in [1.54, 1.807) is 17.7 Å². The van der Waals surface area contributed by atoms with Crippen LogP contribution in [0.2, 0.25) is 0 Å². The number of aromatic nitrogens is 4. The van der Waals surface area contributed by atoms with Crippen LogP contribution in [0.5, 0.6) is 0 Å². The van der Waals surface area contributed by atoms with Gasteiger partial charge in [0.2, 0.25) is 0 Å². The van der Waals surface area contributed by atoms with Crippen LogP contribution >= 0.6 is 0 Å². The molecule has 0 aliphatic heterocycles. The normalized spacial score (nSPS) is 11.8. The Morgan fingerprint density at radius 1 is 1.14 bits per heavy atom. The highest BCUT2D eigenvalue weighted by molar-refractivity contribution is 5.82. The summed E-state index contributed by atoms with van der Waals surface area (Å²) < 4.78 is 40.7. The maximum atomic E-state index is 13.0. The number of rotatable bonds is 3. The molecule has 0 saturated heterocycles. The van der Waals surface area contributed by atoms with Gasteiger partial charge in [-0.1, -0.05) is 18.2 Å². The molecule has 0 spiro atoms. The van der Waals surface area contributed by atoms with Gasteiger partial charge in [0.25, 0.3) is 0 Å². The van der Waals surface area contributed by atoms with Crippen molar-refractivity contribution in [2.75, 3.05) is 12.4 Å². The summed E-state index contributed by atoms with van der Waals surface area (Å²) in [6, 6.07) is 5.48. The third-order valence-corrected chi connectivity index (χ3v) is 3.30. The Morgan fingerprint density at radius 2 is 1.91 bits per heavy atom. The summed E-state index contributed by atoms with van der Waals surface area (Å²) in [7, 11) is 1.69. The van der Waals surface area contributed by atoms with Gasteiger partial charge < -0.3 is 9.88 Å². The molecule has 0 unspecified atom stereocenters. The second kappa shape index (κ2) is 5.28. The van der Waals surface area contributed by atoms with Gasteiger partial charge in [0.15, 0.2) is 11.5 Å². The Kier molecular flexibility index (Phi) is 3.44. The molecule has 22 heavy (non-hydrogen) atoms. The van der Waals surface area contributed by atoms with Crippen molar-refractivity contribution >= 4 is 17.0 Å². The first kappa shape index (κ1) is 14.3. The Labute approximate surface area is 123 Å². The highest BCUT2D eigenvalue weighted by Crippen LogP contribution is 2.32. The van der Waals surface area contributed by atoms with E-state index in [-0.39, 0.29) is 12.1 Å². The predicted octanol–water partition coefficient (Wildman–Crippen LogP) is 2.94. The van der Waals surface area contributed by atoms with E-state index in [0.717, 1.165) is 6.07 Å². The van der Waals surface area contributed by atoms with Gasteiger partial charge in [0.1, 0.15) is 11.8 Å². The molecule has 2 aromatic heterocycles. The van der Waals surface area contributed by atoms with Gasteiger partial charge in [-0.25, -0.2) is 15.0 Å². The minimum atomic E-state index is -4.39. The fourth-order valence-electron chi connectivity index (χ4n) is 2.30. The molecule has 0 amide bonds. The van der Waals surface area contributed by atoms with Crippen molar-refractivity contribution in [2.45, 2.75) is 12.7 Å². The zero-order valence-corrected chi connectivity index (χ0v) is 11.6. The van der Waals surface area contributed by atoms with E-state index in [1.165, 1.54) is 24.8 Å². The van der Waals surface area contributed by atoms with E-state index in [2.05, 4.69) is 20.3 Å². The lowest BCUT2D eigenvalue weighted by Gasteiger charge is -2.13. The van der Waals surface area contributed by atoms with E-state index in [4.69, 9.17) is 0 Å². The first-order valence-electron chi connectivity index (χ1n) is 6.49. The average molecular weight is 307 g/mol. The molecule has 8 heteroatoms. The van der Waals surface area contributed by atoms with Crippen LogP contribution < -0.4 is 5.32 Å². The van der Waals surface area contributed by atoms with E-state index >= 15 is 0 Å². The van der Waals surface area contributed by atoms with Crippen LogP contribution in [0.4, 0.5) is 19.0 Å². The van der Waals surface area contributed by atoms with Gasteiger partial charge in [-0.2, -0.15) is 13.2 Å². The third-order valence-electron chi connectivity index (χ3n) is 3.30. The summed E-state index contributed by atoms with van der Waals surface area (Å²) in [6.07, 6.45) is -1.58. The van der Waals surface area contributed by atoms with Gasteiger partial charge in [-0.3, -0.25) is 0 Å². The highest BCUT2D eigenvalue weighted by Gasteiger charge is 2.33. The summed E-state index contributed by atoms with van der Waals surface area (Å²) in [4.78, 5) is 12.3. The Balaban J connectivity index is 2.05. The number of benzene rings is 1. The number of imidazole rings is 1. The zero-order chi connectivity index (χ0) is 15.7. The minimum Gasteiger partial charge on any atom is -0.371 e. The molecule has 5 nitrogen and oxygen atoms in total. The van der Waals surface area contributed by atoms with Crippen LogP contribution in [0.1, 0.15) is 11.1 Å². The van der Waals surface area contributed by atoms with Crippen LogP contribution in [-0.2, 0) is 12.7 Å². The molecule has 1 aromatic carbocycles. The van der Waals surface area contributed by atoms with Crippen molar-refractivity contribution in [1.82, 2.24) is 19.5 Å². The van der Waals surface area contributed by atoms with Crippen molar-refractivity contribution in [2.24, 2.45) is 0 Å². The molecule has 0 saturated carbocycles. The maximum absolute atomic E-state index is 13.0. The van der Waals surface area contributed by atoms with Crippen LogP contribution in [0.3, 0.4) is 0 Å². The molecule has 0 aliphatic carbocycles. The van der Waals surface area contributed by atoms with Crippen LogP contribution in [0.25, 0.3) is 11.2 Å². The monoisotopic (exact) mass is 307 g/mol. The van der Waals surface area contributed by atoms with Crippen molar-refractivity contribution in [3.8, 4) is 0 Å². The SMILES string of the molecule is CNc1ncnc2c1ncn2Cc1ccccc1C(F)(F)F. The van der Waals surface area contributed by atoms with Gasteiger partial charge in [-0.15, -0.1) is 0 Å². The number of anilines is 1. The van der Waals surface area contributed by atoms with E-state index in [0.29, 0.717) is 17.0 Å². The first-order chi connectivity index (χ1) is 10.5. The number of nitrogens with one attached hydrogen (secondary N) is 1. The summed E-state index contributed by atoms with van der Waals surface area (Å²) in [6.45, 7) is 0.0341. The number of hydrogen-bond donors (Lipinski definition) is 1. The van der Waals surface area contributed by atoms with Crippen LogP contribution in [0.15, 0.2) is 36.9 Å². The smallest absolute Gasteiger partial charge is 0.371 e. The number of fused-ring (bicyclic) bond motifs is 1. The quantitative estimate of drug-likeness (QED) is 0.808. The largest absolute Gasteiger partial charge is 0.416 e. The molecule has 0 aliphatic rings. The minimum absolute atomic E-state index is 0.0341.